The van der Waals surface area contributed by atoms with Crippen LogP contribution in [0.25, 0.3) is 11.1 Å². The monoisotopic (exact) mass is 332 g/mol. The van der Waals surface area contributed by atoms with Crippen LogP contribution in [0.2, 0.25) is 0 Å². The fourth-order valence-electron chi connectivity index (χ4n) is 3.36. The molecule has 1 aliphatic rings. The molecule has 0 atom stereocenters. The second-order valence-electron chi connectivity index (χ2n) is 6.47. The minimum atomic E-state index is -0.258. The summed E-state index contributed by atoms with van der Waals surface area (Å²) in [6, 6.07) is 0.217. The fourth-order valence-corrected chi connectivity index (χ4v) is 3.36. The van der Waals surface area contributed by atoms with Crippen molar-refractivity contribution in [1.82, 2.24) is 20.0 Å². The first-order valence-corrected chi connectivity index (χ1v) is 8.75. The van der Waals surface area contributed by atoms with Crippen LogP contribution in [-0.4, -0.2) is 26.7 Å². The van der Waals surface area contributed by atoms with E-state index in [1.165, 1.54) is 17.4 Å². The number of amides is 1. The zero-order chi connectivity index (χ0) is 17.1. The molecule has 0 aliphatic heterocycles. The minimum absolute atomic E-state index is 0.0154. The summed E-state index contributed by atoms with van der Waals surface area (Å²) in [6.45, 7) is 3.59. The Labute approximate surface area is 140 Å². The van der Waals surface area contributed by atoms with E-state index >= 15 is 0 Å². The number of carbonyl (C=O) groups is 1. The molecular formula is C17H24N4O3. The zero-order valence-electron chi connectivity index (χ0n) is 14.3. The topological polar surface area (TPSA) is 90.0 Å². The predicted molar refractivity (Wildman–Crippen MR) is 89.8 cm³/mol. The number of rotatable bonds is 4. The molecule has 0 aromatic carbocycles. The van der Waals surface area contributed by atoms with Crippen LogP contribution in [0.4, 0.5) is 0 Å². The first kappa shape index (κ1) is 16.7. The van der Waals surface area contributed by atoms with E-state index in [1.807, 2.05) is 6.92 Å². The van der Waals surface area contributed by atoms with E-state index in [2.05, 4.69) is 15.5 Å². The van der Waals surface area contributed by atoms with Gasteiger partial charge in [0.1, 0.15) is 17.8 Å². The van der Waals surface area contributed by atoms with Gasteiger partial charge >= 0.3 is 0 Å². The highest BCUT2D eigenvalue weighted by Gasteiger charge is 2.19. The number of nitrogens with one attached hydrogen (secondary N) is 1. The number of carbonyl (C=O) groups excluding carboxylic acids is 1. The normalized spacial score (nSPS) is 16.2. The molecule has 1 aliphatic carbocycles. The Morgan fingerprint density at radius 1 is 1.29 bits per heavy atom. The van der Waals surface area contributed by atoms with Gasteiger partial charge in [-0.3, -0.25) is 14.2 Å². The van der Waals surface area contributed by atoms with Gasteiger partial charge < -0.3 is 9.84 Å². The van der Waals surface area contributed by atoms with Gasteiger partial charge in [-0.25, -0.2) is 0 Å². The number of nitrogens with zero attached hydrogens (tertiary/aromatic N) is 3. The number of aryl methyl sites for hydroxylation is 2. The maximum Gasteiger partial charge on any atom is 0.267 e. The highest BCUT2D eigenvalue weighted by Crippen LogP contribution is 2.17. The smallest absolute Gasteiger partial charge is 0.267 e. The van der Waals surface area contributed by atoms with Crippen LogP contribution in [0.1, 0.15) is 57.0 Å². The van der Waals surface area contributed by atoms with Gasteiger partial charge in [-0.15, -0.1) is 0 Å². The van der Waals surface area contributed by atoms with Gasteiger partial charge in [0.15, 0.2) is 0 Å². The van der Waals surface area contributed by atoms with Crippen LogP contribution in [0.15, 0.2) is 9.32 Å². The number of hydrogen-bond acceptors (Lipinski definition) is 5. The average molecular weight is 332 g/mol. The van der Waals surface area contributed by atoms with Crippen molar-refractivity contribution in [2.24, 2.45) is 0 Å². The highest BCUT2D eigenvalue weighted by atomic mass is 16.5. The largest absolute Gasteiger partial charge is 0.352 e. The molecule has 0 unspecified atom stereocenters. The van der Waals surface area contributed by atoms with Crippen molar-refractivity contribution in [2.45, 2.75) is 71.4 Å². The van der Waals surface area contributed by atoms with Crippen LogP contribution >= 0.6 is 0 Å². The third kappa shape index (κ3) is 3.34. The van der Waals surface area contributed by atoms with Gasteiger partial charge in [0.05, 0.1) is 5.69 Å². The highest BCUT2D eigenvalue weighted by molar-refractivity contribution is 5.78. The van der Waals surface area contributed by atoms with Gasteiger partial charge in [0.25, 0.3) is 11.3 Å². The summed E-state index contributed by atoms with van der Waals surface area (Å²) in [4.78, 5) is 29.4. The molecule has 0 radical (unpaired) electrons. The van der Waals surface area contributed by atoms with Crippen molar-refractivity contribution in [1.29, 1.82) is 0 Å². The van der Waals surface area contributed by atoms with Crippen molar-refractivity contribution >= 4 is 17.0 Å². The van der Waals surface area contributed by atoms with Crippen molar-refractivity contribution in [3.05, 3.63) is 21.9 Å². The molecule has 0 bridgehead atoms. The van der Waals surface area contributed by atoms with E-state index in [1.54, 1.807) is 6.92 Å². The molecule has 7 nitrogen and oxygen atoms in total. The summed E-state index contributed by atoms with van der Waals surface area (Å²) in [5, 5.41) is 7.34. The second-order valence-corrected chi connectivity index (χ2v) is 6.47. The van der Waals surface area contributed by atoms with Crippen LogP contribution < -0.4 is 10.9 Å². The molecule has 0 saturated heterocycles. The molecule has 0 spiro atoms. The van der Waals surface area contributed by atoms with Crippen molar-refractivity contribution in [2.75, 3.05) is 0 Å². The fraction of sp³-hybridized carbons (Fsp3) is 0.647. The summed E-state index contributed by atoms with van der Waals surface area (Å²) in [5.41, 5.74) is 0.571. The quantitative estimate of drug-likeness (QED) is 0.866. The number of fused-ring (bicyclic) bond motifs is 1. The minimum Gasteiger partial charge on any atom is -0.352 e. The van der Waals surface area contributed by atoms with Crippen molar-refractivity contribution in [3.8, 4) is 0 Å². The molecule has 130 valence electrons. The number of aromatic nitrogens is 3. The molecule has 1 fully saturated rings. The second kappa shape index (κ2) is 7.15. The number of hydrogen-bond donors (Lipinski definition) is 1. The first-order valence-electron chi connectivity index (χ1n) is 8.75. The van der Waals surface area contributed by atoms with Gasteiger partial charge in [-0.1, -0.05) is 37.8 Å². The molecule has 2 aromatic rings. The van der Waals surface area contributed by atoms with Crippen molar-refractivity contribution < 1.29 is 9.32 Å². The Bertz CT molecular complexity index is 785. The predicted octanol–water partition coefficient (Wildman–Crippen LogP) is 2.09. The lowest BCUT2D eigenvalue weighted by Crippen LogP contribution is -2.39. The SMILES string of the molecule is CCc1noc2nc(C)n(CC(=O)NC3CCCCCC3)c(=O)c12. The summed E-state index contributed by atoms with van der Waals surface area (Å²) >= 11 is 0. The van der Waals surface area contributed by atoms with Gasteiger partial charge in [0, 0.05) is 6.04 Å². The van der Waals surface area contributed by atoms with Crippen LogP contribution in [0.3, 0.4) is 0 Å². The lowest BCUT2D eigenvalue weighted by Gasteiger charge is -2.17. The van der Waals surface area contributed by atoms with E-state index in [9.17, 15) is 9.59 Å². The Kier molecular flexibility index (Phi) is 4.97. The molecule has 3 rings (SSSR count). The lowest BCUT2D eigenvalue weighted by atomic mass is 10.1. The standard InChI is InChI=1S/C17H24N4O3/c1-3-13-15-16(24-20-13)18-11(2)21(17(15)23)10-14(22)19-12-8-6-4-5-7-9-12/h12H,3-10H2,1-2H3,(H,19,22). The van der Waals surface area contributed by atoms with E-state index in [0.717, 1.165) is 25.7 Å². The van der Waals surface area contributed by atoms with E-state index in [4.69, 9.17) is 4.52 Å². The molecule has 7 heteroatoms. The molecule has 24 heavy (non-hydrogen) atoms. The Morgan fingerprint density at radius 2 is 2.00 bits per heavy atom. The molecule has 1 N–H and O–H groups in total. The third-order valence-electron chi connectivity index (χ3n) is 4.71. The van der Waals surface area contributed by atoms with Gasteiger partial charge in [0.2, 0.25) is 5.91 Å². The molecule has 2 aromatic heterocycles. The Hall–Kier alpha value is -2.18. The zero-order valence-corrected chi connectivity index (χ0v) is 14.3. The Morgan fingerprint density at radius 3 is 2.67 bits per heavy atom. The molecular weight excluding hydrogens is 308 g/mol. The lowest BCUT2D eigenvalue weighted by molar-refractivity contribution is -0.122. The van der Waals surface area contributed by atoms with E-state index < -0.39 is 0 Å². The third-order valence-corrected chi connectivity index (χ3v) is 4.71. The maximum absolute atomic E-state index is 12.7. The van der Waals surface area contributed by atoms with Gasteiger partial charge in [-0.05, 0) is 26.2 Å². The van der Waals surface area contributed by atoms with Crippen LogP contribution in [-0.2, 0) is 17.8 Å². The van der Waals surface area contributed by atoms with Crippen LogP contribution in [0, 0.1) is 6.92 Å². The summed E-state index contributed by atoms with van der Waals surface area (Å²) < 4.78 is 6.53. The van der Waals surface area contributed by atoms with E-state index in [-0.39, 0.29) is 29.8 Å². The van der Waals surface area contributed by atoms with Crippen LogP contribution in [0.5, 0.6) is 0 Å². The molecule has 1 saturated carbocycles. The first-order chi connectivity index (χ1) is 11.6. The molecule has 2 heterocycles. The summed E-state index contributed by atoms with van der Waals surface area (Å²) in [6.07, 6.45) is 7.39. The van der Waals surface area contributed by atoms with E-state index in [0.29, 0.717) is 23.3 Å². The molecule has 1 amide bonds. The van der Waals surface area contributed by atoms with Gasteiger partial charge in [-0.2, -0.15) is 4.98 Å². The maximum atomic E-state index is 12.7. The van der Waals surface area contributed by atoms with Crippen molar-refractivity contribution in [3.63, 3.8) is 0 Å². The Balaban J connectivity index is 1.81. The average Bonchev–Trinajstić information content (AvgIpc) is 2.79. The summed E-state index contributed by atoms with van der Waals surface area (Å²) in [5.74, 6) is 0.324. The summed E-state index contributed by atoms with van der Waals surface area (Å²) in [7, 11) is 0.